The highest BCUT2D eigenvalue weighted by molar-refractivity contribution is 6.10. The lowest BCUT2D eigenvalue weighted by molar-refractivity contribution is -0.386. The number of carbonyl (C=O) groups is 1. The zero-order valence-corrected chi connectivity index (χ0v) is 9.99. The van der Waals surface area contributed by atoms with E-state index in [0.29, 0.717) is 0 Å². The van der Waals surface area contributed by atoms with E-state index < -0.39 is 33.9 Å². The molecule has 5 nitrogen and oxygen atoms in total. The van der Waals surface area contributed by atoms with Gasteiger partial charge in [-0.25, -0.2) is 8.78 Å². The molecule has 0 amide bonds. The highest BCUT2D eigenvalue weighted by Crippen LogP contribution is 2.32. The van der Waals surface area contributed by atoms with Gasteiger partial charge in [-0.3, -0.25) is 19.9 Å². The average molecular weight is 278 g/mol. The van der Waals surface area contributed by atoms with Gasteiger partial charge in [-0.05, 0) is 24.3 Å². The Hall–Kier alpha value is -2.70. The van der Waals surface area contributed by atoms with Crippen LogP contribution in [0.15, 0.2) is 42.6 Å². The third kappa shape index (κ3) is 2.51. The maximum atomic E-state index is 12.8. The van der Waals surface area contributed by atoms with Gasteiger partial charge in [-0.15, -0.1) is 0 Å². The molecule has 1 aromatic heterocycles. The molecular formula is C13H8F2N2O3. The summed E-state index contributed by atoms with van der Waals surface area (Å²) in [5.41, 5.74) is -2.09. The summed E-state index contributed by atoms with van der Waals surface area (Å²) in [6, 6.07) is 7.72. The molecule has 0 unspecified atom stereocenters. The number of nitro benzene ring substituents is 1. The third-order valence-corrected chi connectivity index (χ3v) is 2.63. The van der Waals surface area contributed by atoms with Crippen LogP contribution in [-0.2, 0) is 0 Å². The van der Waals surface area contributed by atoms with Crippen LogP contribution in [0.3, 0.4) is 0 Å². The van der Waals surface area contributed by atoms with E-state index in [2.05, 4.69) is 4.98 Å². The number of rotatable bonds is 4. The SMILES string of the molecule is O=C(c1ccccn1)c1cccc(C(F)F)c1[N+](=O)[O-]. The van der Waals surface area contributed by atoms with Gasteiger partial charge < -0.3 is 0 Å². The molecule has 0 aliphatic rings. The van der Waals surface area contributed by atoms with Crippen LogP contribution in [0.4, 0.5) is 14.5 Å². The van der Waals surface area contributed by atoms with Crippen LogP contribution in [0.25, 0.3) is 0 Å². The van der Waals surface area contributed by atoms with Gasteiger partial charge in [0.1, 0.15) is 11.3 Å². The van der Waals surface area contributed by atoms with Crippen LogP contribution in [0.5, 0.6) is 0 Å². The first-order valence-corrected chi connectivity index (χ1v) is 5.53. The minimum atomic E-state index is -3.04. The van der Waals surface area contributed by atoms with Crippen molar-refractivity contribution in [2.75, 3.05) is 0 Å². The van der Waals surface area contributed by atoms with Gasteiger partial charge in [0, 0.05) is 6.20 Å². The van der Waals surface area contributed by atoms with Crippen molar-refractivity contribution < 1.29 is 18.5 Å². The maximum absolute atomic E-state index is 12.8. The fourth-order valence-corrected chi connectivity index (χ4v) is 1.76. The van der Waals surface area contributed by atoms with Crippen LogP contribution < -0.4 is 0 Å². The summed E-state index contributed by atoms with van der Waals surface area (Å²) in [5.74, 6) is -0.764. The minimum Gasteiger partial charge on any atom is -0.287 e. The summed E-state index contributed by atoms with van der Waals surface area (Å²) in [7, 11) is 0. The first-order chi connectivity index (χ1) is 9.52. The second kappa shape index (κ2) is 5.52. The first-order valence-electron chi connectivity index (χ1n) is 5.53. The van der Waals surface area contributed by atoms with Gasteiger partial charge in [0.2, 0.25) is 5.78 Å². The van der Waals surface area contributed by atoms with Crippen molar-refractivity contribution in [2.45, 2.75) is 6.43 Å². The van der Waals surface area contributed by atoms with Crippen molar-refractivity contribution in [3.63, 3.8) is 0 Å². The van der Waals surface area contributed by atoms with Crippen molar-refractivity contribution >= 4 is 11.5 Å². The van der Waals surface area contributed by atoms with Gasteiger partial charge in [0.15, 0.2) is 0 Å². The van der Waals surface area contributed by atoms with Gasteiger partial charge in [0.25, 0.3) is 12.1 Å². The van der Waals surface area contributed by atoms with E-state index in [9.17, 15) is 23.7 Å². The number of ketones is 1. The molecule has 0 spiro atoms. The van der Waals surface area contributed by atoms with Gasteiger partial charge in [0.05, 0.1) is 10.5 Å². The van der Waals surface area contributed by atoms with Crippen molar-refractivity contribution in [1.82, 2.24) is 4.98 Å². The van der Waals surface area contributed by atoms with Crippen molar-refractivity contribution in [1.29, 1.82) is 0 Å². The Balaban J connectivity index is 2.60. The molecule has 7 heteroatoms. The van der Waals surface area contributed by atoms with Crippen LogP contribution >= 0.6 is 0 Å². The highest BCUT2D eigenvalue weighted by Gasteiger charge is 2.29. The zero-order valence-electron chi connectivity index (χ0n) is 9.99. The lowest BCUT2D eigenvalue weighted by Crippen LogP contribution is -2.09. The molecule has 0 aliphatic heterocycles. The van der Waals surface area contributed by atoms with Gasteiger partial charge in [-0.1, -0.05) is 12.1 Å². The monoisotopic (exact) mass is 278 g/mol. The standard InChI is InChI=1S/C13H8F2N2O3/c14-13(15)9-5-3-4-8(11(9)17(19)20)12(18)10-6-1-2-7-16-10/h1-7,13H. The molecule has 20 heavy (non-hydrogen) atoms. The van der Waals surface area contributed by atoms with Gasteiger partial charge in [-0.2, -0.15) is 0 Å². The number of halogens is 2. The van der Waals surface area contributed by atoms with E-state index >= 15 is 0 Å². The summed E-state index contributed by atoms with van der Waals surface area (Å²) in [4.78, 5) is 25.9. The van der Waals surface area contributed by atoms with Crippen LogP contribution in [0.1, 0.15) is 28.0 Å². The average Bonchev–Trinajstić information content (AvgIpc) is 2.46. The predicted molar refractivity (Wildman–Crippen MR) is 65.7 cm³/mol. The lowest BCUT2D eigenvalue weighted by Gasteiger charge is -2.06. The molecule has 0 saturated carbocycles. The van der Waals surface area contributed by atoms with Crippen molar-refractivity contribution in [3.05, 3.63) is 69.5 Å². The molecule has 102 valence electrons. The Labute approximate surface area is 112 Å². The quantitative estimate of drug-likeness (QED) is 0.489. The molecular weight excluding hydrogens is 270 g/mol. The number of hydrogen-bond acceptors (Lipinski definition) is 4. The number of pyridine rings is 1. The fourth-order valence-electron chi connectivity index (χ4n) is 1.76. The van der Waals surface area contributed by atoms with E-state index in [1.54, 1.807) is 6.07 Å². The number of carbonyl (C=O) groups excluding carboxylic acids is 1. The lowest BCUT2D eigenvalue weighted by atomic mass is 10.0. The predicted octanol–water partition coefficient (Wildman–Crippen LogP) is 3.16. The zero-order chi connectivity index (χ0) is 14.7. The van der Waals surface area contributed by atoms with E-state index in [-0.39, 0.29) is 5.69 Å². The van der Waals surface area contributed by atoms with Crippen LogP contribution in [0.2, 0.25) is 0 Å². The molecule has 2 aromatic rings. The smallest absolute Gasteiger partial charge is 0.287 e. The Bertz CT molecular complexity index is 660. The second-order valence-corrected chi connectivity index (χ2v) is 3.85. The van der Waals surface area contributed by atoms with Crippen LogP contribution in [0, 0.1) is 10.1 Å². The van der Waals surface area contributed by atoms with Crippen molar-refractivity contribution in [3.8, 4) is 0 Å². The largest absolute Gasteiger partial charge is 0.289 e. The molecule has 0 aliphatic carbocycles. The van der Waals surface area contributed by atoms with Crippen molar-refractivity contribution in [2.24, 2.45) is 0 Å². The highest BCUT2D eigenvalue weighted by atomic mass is 19.3. The molecule has 0 atom stereocenters. The molecule has 1 heterocycles. The minimum absolute atomic E-state index is 0.0398. The molecule has 0 saturated heterocycles. The van der Waals surface area contributed by atoms with E-state index in [1.165, 1.54) is 24.4 Å². The second-order valence-electron chi connectivity index (χ2n) is 3.85. The number of benzene rings is 1. The summed E-state index contributed by atoms with van der Waals surface area (Å²) < 4.78 is 25.6. The van der Waals surface area contributed by atoms with Gasteiger partial charge >= 0.3 is 0 Å². The molecule has 0 radical (unpaired) electrons. The Morgan fingerprint density at radius 3 is 2.50 bits per heavy atom. The molecule has 0 N–H and O–H groups in total. The number of alkyl halides is 2. The molecule has 0 bridgehead atoms. The molecule has 1 aromatic carbocycles. The molecule has 0 fully saturated rings. The topological polar surface area (TPSA) is 73.1 Å². The summed E-state index contributed by atoms with van der Waals surface area (Å²) in [5, 5.41) is 11.0. The number of para-hydroxylation sites is 1. The maximum Gasteiger partial charge on any atom is 0.289 e. The Morgan fingerprint density at radius 2 is 1.95 bits per heavy atom. The van der Waals surface area contributed by atoms with Crippen LogP contribution in [-0.4, -0.2) is 15.7 Å². The van der Waals surface area contributed by atoms with E-state index in [0.717, 1.165) is 12.1 Å². The van der Waals surface area contributed by atoms with E-state index in [1.807, 2.05) is 0 Å². The summed E-state index contributed by atoms with van der Waals surface area (Å²) >= 11 is 0. The van der Waals surface area contributed by atoms with E-state index in [4.69, 9.17) is 0 Å². The molecule has 2 rings (SSSR count). The summed E-state index contributed by atoms with van der Waals surface area (Å²) in [6.07, 6.45) is -1.69. The third-order valence-electron chi connectivity index (χ3n) is 2.63. The Kier molecular flexibility index (Phi) is 3.79. The number of hydrogen-bond donors (Lipinski definition) is 0. The summed E-state index contributed by atoms with van der Waals surface area (Å²) in [6.45, 7) is 0. The number of nitro groups is 1. The first kappa shape index (κ1) is 13.7. The number of aromatic nitrogens is 1. The number of nitrogens with zero attached hydrogens (tertiary/aromatic N) is 2. The normalized spacial score (nSPS) is 10.6. The fraction of sp³-hybridized carbons (Fsp3) is 0.0769. The Morgan fingerprint density at radius 1 is 1.20 bits per heavy atom.